The summed E-state index contributed by atoms with van der Waals surface area (Å²) < 4.78 is 15.8. The number of β-amino-alcohol motifs (C(OH)–C–C–N with tert-alkyl or cyclic N) is 1. The fraction of sp³-hybridized carbons (Fsp3) is 0.417. The van der Waals surface area contributed by atoms with Gasteiger partial charge in [-0.05, 0) is 42.8 Å². The Morgan fingerprint density at radius 1 is 1.09 bits per heavy atom. The summed E-state index contributed by atoms with van der Waals surface area (Å²) in [5.41, 5.74) is 1.84. The number of hydrogen-bond donors (Lipinski definition) is 1. The number of hydrogen-bond acceptors (Lipinski definition) is 7. The van der Waals surface area contributed by atoms with E-state index in [1.54, 1.807) is 38.3 Å². The van der Waals surface area contributed by atoms with E-state index in [1.165, 1.54) is 4.90 Å². The molecule has 172 valence electrons. The molecule has 1 N–H and O–H groups in total. The molecule has 0 aliphatic carbocycles. The Balaban J connectivity index is 1.65. The standard InChI is InChI=1S/C24H30N2O6/c1-3-31-24(29)16-26-14-18-6-4-5-7-22(18)25(13-12-23(26)28)15-19(27)17-32-21-10-8-20(30-2)9-11-21/h4-11,19,27H,3,12-17H2,1-2H3. The van der Waals surface area contributed by atoms with Gasteiger partial charge in [-0.3, -0.25) is 9.59 Å². The highest BCUT2D eigenvalue weighted by Crippen LogP contribution is 2.25. The van der Waals surface area contributed by atoms with E-state index < -0.39 is 12.1 Å². The quantitative estimate of drug-likeness (QED) is 0.596. The molecule has 2 aromatic rings. The molecule has 32 heavy (non-hydrogen) atoms. The number of carbonyl (C=O) groups is 2. The summed E-state index contributed by atoms with van der Waals surface area (Å²) >= 11 is 0. The zero-order valence-electron chi connectivity index (χ0n) is 18.5. The van der Waals surface area contributed by atoms with Gasteiger partial charge in [-0.1, -0.05) is 18.2 Å². The summed E-state index contributed by atoms with van der Waals surface area (Å²) in [5.74, 6) is 0.836. The second-order valence-electron chi connectivity index (χ2n) is 7.52. The first kappa shape index (κ1) is 23.4. The van der Waals surface area contributed by atoms with E-state index in [0.717, 1.165) is 17.0 Å². The van der Waals surface area contributed by atoms with E-state index in [1.807, 2.05) is 29.2 Å². The molecule has 0 bridgehead atoms. The normalized spacial score (nSPS) is 14.8. The van der Waals surface area contributed by atoms with E-state index in [4.69, 9.17) is 14.2 Å². The second-order valence-corrected chi connectivity index (χ2v) is 7.52. The lowest BCUT2D eigenvalue weighted by Crippen LogP contribution is -2.43. The lowest BCUT2D eigenvalue weighted by Gasteiger charge is -2.34. The molecule has 0 spiro atoms. The molecule has 2 aromatic carbocycles. The third-order valence-corrected chi connectivity index (χ3v) is 5.20. The molecule has 1 heterocycles. The first-order valence-electron chi connectivity index (χ1n) is 10.7. The van der Waals surface area contributed by atoms with Gasteiger partial charge < -0.3 is 29.1 Å². The molecule has 1 atom stereocenters. The summed E-state index contributed by atoms with van der Waals surface area (Å²) in [6, 6.07) is 14.9. The smallest absolute Gasteiger partial charge is 0.325 e. The molecular weight excluding hydrogens is 412 g/mol. The van der Waals surface area contributed by atoms with Gasteiger partial charge in [-0.15, -0.1) is 0 Å². The molecule has 8 heteroatoms. The van der Waals surface area contributed by atoms with Crippen molar-refractivity contribution in [1.29, 1.82) is 0 Å². The fourth-order valence-electron chi connectivity index (χ4n) is 3.62. The van der Waals surface area contributed by atoms with E-state index in [0.29, 0.717) is 25.4 Å². The predicted octanol–water partition coefficient (Wildman–Crippen LogP) is 2.24. The van der Waals surface area contributed by atoms with Crippen molar-refractivity contribution in [3.8, 4) is 11.5 Å². The Morgan fingerprint density at radius 2 is 1.81 bits per heavy atom. The van der Waals surface area contributed by atoms with Crippen molar-refractivity contribution in [2.45, 2.75) is 26.0 Å². The average Bonchev–Trinajstić information content (AvgIpc) is 2.80. The van der Waals surface area contributed by atoms with Crippen LogP contribution in [0.15, 0.2) is 48.5 Å². The number of fused-ring (bicyclic) bond motifs is 1. The minimum Gasteiger partial charge on any atom is -0.497 e. The number of methoxy groups -OCH3 is 1. The van der Waals surface area contributed by atoms with Crippen molar-refractivity contribution in [3.63, 3.8) is 0 Å². The van der Waals surface area contributed by atoms with Gasteiger partial charge in [0, 0.05) is 31.7 Å². The van der Waals surface area contributed by atoms with E-state index >= 15 is 0 Å². The zero-order valence-corrected chi connectivity index (χ0v) is 18.5. The maximum atomic E-state index is 12.7. The molecule has 8 nitrogen and oxygen atoms in total. The first-order valence-corrected chi connectivity index (χ1v) is 10.7. The molecule has 1 unspecified atom stereocenters. The summed E-state index contributed by atoms with van der Waals surface area (Å²) in [7, 11) is 1.60. The van der Waals surface area contributed by atoms with Crippen LogP contribution in [-0.2, 0) is 20.9 Å². The lowest BCUT2D eigenvalue weighted by molar-refractivity contribution is -0.149. The highest BCUT2D eigenvalue weighted by atomic mass is 16.5. The second kappa shape index (κ2) is 11.4. The Kier molecular flexibility index (Phi) is 8.33. The van der Waals surface area contributed by atoms with Crippen LogP contribution < -0.4 is 14.4 Å². The van der Waals surface area contributed by atoms with E-state index in [9.17, 15) is 14.7 Å². The first-order chi connectivity index (χ1) is 15.5. The van der Waals surface area contributed by atoms with E-state index in [2.05, 4.69) is 0 Å². The van der Waals surface area contributed by atoms with Crippen molar-refractivity contribution in [3.05, 3.63) is 54.1 Å². The number of aliphatic hydroxyl groups is 1. The van der Waals surface area contributed by atoms with Crippen LogP contribution >= 0.6 is 0 Å². The Labute approximate surface area is 188 Å². The van der Waals surface area contributed by atoms with Gasteiger partial charge in [0.2, 0.25) is 5.91 Å². The third-order valence-electron chi connectivity index (χ3n) is 5.20. The number of para-hydroxylation sites is 1. The van der Waals surface area contributed by atoms with Crippen LogP contribution in [0.5, 0.6) is 11.5 Å². The number of amides is 1. The van der Waals surface area contributed by atoms with Crippen LogP contribution in [0.3, 0.4) is 0 Å². The lowest BCUT2D eigenvalue weighted by atomic mass is 10.1. The van der Waals surface area contributed by atoms with Crippen molar-refractivity contribution < 1.29 is 28.9 Å². The van der Waals surface area contributed by atoms with Gasteiger partial charge in [0.05, 0.1) is 13.7 Å². The SMILES string of the molecule is CCOC(=O)CN1Cc2ccccc2N(CC(O)COc2ccc(OC)cc2)CCC1=O. The highest BCUT2D eigenvalue weighted by molar-refractivity contribution is 5.83. The number of anilines is 1. The third kappa shape index (κ3) is 6.37. The highest BCUT2D eigenvalue weighted by Gasteiger charge is 2.25. The zero-order chi connectivity index (χ0) is 22.9. The molecule has 0 saturated carbocycles. The molecule has 0 saturated heterocycles. The summed E-state index contributed by atoms with van der Waals surface area (Å²) in [4.78, 5) is 28.1. The van der Waals surface area contributed by atoms with Crippen LogP contribution in [0.4, 0.5) is 5.69 Å². The van der Waals surface area contributed by atoms with Crippen LogP contribution in [0, 0.1) is 0 Å². The number of esters is 1. The molecule has 1 aliphatic heterocycles. The Hall–Kier alpha value is -3.26. The minimum absolute atomic E-state index is 0.0701. The van der Waals surface area contributed by atoms with Crippen molar-refractivity contribution in [2.24, 2.45) is 0 Å². The summed E-state index contributed by atoms with van der Waals surface area (Å²) in [6.07, 6.45) is -0.518. The molecule has 1 amide bonds. The molecular formula is C24H30N2O6. The monoisotopic (exact) mass is 442 g/mol. The van der Waals surface area contributed by atoms with Gasteiger partial charge in [-0.25, -0.2) is 0 Å². The molecule has 0 radical (unpaired) electrons. The number of benzene rings is 2. The van der Waals surface area contributed by atoms with Crippen LogP contribution in [0.1, 0.15) is 18.9 Å². The molecule has 3 rings (SSSR count). The fourth-order valence-corrected chi connectivity index (χ4v) is 3.62. The Morgan fingerprint density at radius 3 is 2.53 bits per heavy atom. The maximum absolute atomic E-state index is 12.7. The minimum atomic E-state index is -0.754. The largest absolute Gasteiger partial charge is 0.497 e. The van der Waals surface area contributed by atoms with Gasteiger partial charge >= 0.3 is 5.97 Å². The maximum Gasteiger partial charge on any atom is 0.325 e. The van der Waals surface area contributed by atoms with E-state index in [-0.39, 0.29) is 32.1 Å². The van der Waals surface area contributed by atoms with Gasteiger partial charge in [0.1, 0.15) is 30.8 Å². The number of ether oxygens (including phenoxy) is 3. The predicted molar refractivity (Wildman–Crippen MR) is 120 cm³/mol. The van der Waals surface area contributed by atoms with Crippen molar-refractivity contribution in [2.75, 3.05) is 44.9 Å². The molecule has 1 aliphatic rings. The van der Waals surface area contributed by atoms with Gasteiger partial charge in [0.15, 0.2) is 0 Å². The summed E-state index contributed by atoms with van der Waals surface area (Å²) in [6.45, 7) is 3.12. The molecule has 0 fully saturated rings. The number of rotatable bonds is 9. The Bertz CT molecular complexity index is 902. The summed E-state index contributed by atoms with van der Waals surface area (Å²) in [5, 5.41) is 10.6. The van der Waals surface area contributed by atoms with Gasteiger partial charge in [-0.2, -0.15) is 0 Å². The van der Waals surface area contributed by atoms with Crippen molar-refractivity contribution in [1.82, 2.24) is 4.90 Å². The van der Waals surface area contributed by atoms with Crippen molar-refractivity contribution >= 4 is 17.6 Å². The average molecular weight is 443 g/mol. The van der Waals surface area contributed by atoms with Crippen LogP contribution in [0.25, 0.3) is 0 Å². The molecule has 0 aromatic heterocycles. The topological polar surface area (TPSA) is 88.5 Å². The van der Waals surface area contributed by atoms with Gasteiger partial charge in [0.25, 0.3) is 0 Å². The van der Waals surface area contributed by atoms with Crippen LogP contribution in [0.2, 0.25) is 0 Å². The number of nitrogens with zero attached hydrogens (tertiary/aromatic N) is 2. The number of carbonyl (C=O) groups excluding carboxylic acids is 2. The van der Waals surface area contributed by atoms with Crippen LogP contribution in [-0.4, -0.2) is 67.9 Å². The number of aliphatic hydroxyl groups excluding tert-OH is 1.